The molecule has 0 aliphatic heterocycles. The zero-order valence-corrected chi connectivity index (χ0v) is 45.0. The van der Waals surface area contributed by atoms with E-state index >= 15 is 0 Å². The van der Waals surface area contributed by atoms with Crippen molar-refractivity contribution in [1.29, 1.82) is 0 Å². The van der Waals surface area contributed by atoms with Gasteiger partial charge in [0.2, 0.25) is 23.1 Å². The number of nitrogens with zero attached hydrogens (tertiary/aromatic N) is 8. The number of hydrogen-bond acceptors (Lipinski definition) is 20. The lowest BCUT2D eigenvalue weighted by atomic mass is 9.87. The molecule has 0 spiro atoms. The van der Waals surface area contributed by atoms with Crippen molar-refractivity contribution in [2.45, 2.75) is 75.8 Å². The van der Waals surface area contributed by atoms with E-state index in [0.717, 1.165) is 29.8 Å². The second-order valence-electron chi connectivity index (χ2n) is 17.3. The number of hydrogen-bond donors (Lipinski definition) is 4. The molecule has 4 aromatic carbocycles. The molecule has 22 nitrogen and oxygen atoms in total. The topological polar surface area (TPSA) is 291 Å². The molecule has 8 aromatic rings. The van der Waals surface area contributed by atoms with E-state index in [1.165, 1.54) is 49.1 Å². The molecule has 0 aliphatic rings. The Kier molecular flexibility index (Phi) is 14.3. The van der Waals surface area contributed by atoms with E-state index in [-0.39, 0.29) is 74.9 Å². The minimum Gasteiger partial charge on any atom is -0.490 e. The number of benzene rings is 4. The van der Waals surface area contributed by atoms with Gasteiger partial charge in [-0.25, -0.2) is 46.7 Å². The summed E-state index contributed by atoms with van der Waals surface area (Å²) in [5, 5.41) is 19.5. The first-order chi connectivity index (χ1) is 43.3. The molecule has 0 atom stereocenters. The number of rotatable bonds is 22. The van der Waals surface area contributed by atoms with Crippen molar-refractivity contribution in [2.75, 3.05) is 49.0 Å². The van der Waals surface area contributed by atoms with Gasteiger partial charge in [0.15, 0.2) is 46.3 Å². The highest BCUT2D eigenvalue weighted by Gasteiger charge is 2.29. The van der Waals surface area contributed by atoms with Crippen LogP contribution in [0.2, 0.25) is 0 Å². The van der Waals surface area contributed by atoms with Gasteiger partial charge in [-0.1, -0.05) is 89.9 Å². The molecule has 80 heavy (non-hydrogen) atoms. The van der Waals surface area contributed by atoms with E-state index in [1.807, 2.05) is 20.8 Å². The van der Waals surface area contributed by atoms with Gasteiger partial charge in [0.05, 0.1) is 41.6 Å². The molecule has 8 rings (SSSR count). The lowest BCUT2D eigenvalue weighted by Gasteiger charge is -2.20. The largest absolute Gasteiger partial charge is 0.490 e. The van der Waals surface area contributed by atoms with Crippen LogP contribution < -0.4 is 37.9 Å². The van der Waals surface area contributed by atoms with Crippen LogP contribution in [0, 0.1) is 0 Å². The third kappa shape index (κ3) is 15.4. The molecular formula is C56H62N10O12S2. The van der Waals surface area contributed by atoms with Crippen LogP contribution >= 0.6 is 0 Å². The molecule has 0 unspecified atom stereocenters. The van der Waals surface area contributed by atoms with Gasteiger partial charge in [0.25, 0.3) is 31.8 Å². The number of para-hydroxylation sites is 4. The van der Waals surface area contributed by atoms with Crippen molar-refractivity contribution in [3.63, 3.8) is 0 Å². The van der Waals surface area contributed by atoms with E-state index in [0.29, 0.717) is 12.4 Å². The molecule has 0 aliphatic carbocycles. The monoisotopic (exact) mass is 1140 g/mol. The van der Waals surface area contributed by atoms with E-state index in [9.17, 15) is 27.0 Å². The molecule has 0 fully saturated rings. The molecule has 4 aromatic heterocycles. The molecule has 0 saturated carbocycles. The first-order valence-electron chi connectivity index (χ1n) is 30.4. The third-order valence-corrected chi connectivity index (χ3v) is 13.3. The zero-order chi connectivity index (χ0) is 68.6. The minimum atomic E-state index is -4.77. The van der Waals surface area contributed by atoms with Crippen molar-refractivity contribution in [3.8, 4) is 69.6 Å². The molecule has 24 heteroatoms. The lowest BCUT2D eigenvalue weighted by molar-refractivity contribution is 0.192. The van der Waals surface area contributed by atoms with Crippen LogP contribution in [-0.2, 0) is 30.9 Å². The molecule has 4 heterocycles. The summed E-state index contributed by atoms with van der Waals surface area (Å²) >= 11 is 0. The van der Waals surface area contributed by atoms with Crippen LogP contribution in [0.15, 0.2) is 144 Å². The average molecular weight is 1140 g/mol. The van der Waals surface area contributed by atoms with Crippen LogP contribution in [0.5, 0.6) is 46.3 Å². The van der Waals surface area contributed by atoms with Crippen LogP contribution in [0.4, 0.5) is 11.6 Å². The van der Waals surface area contributed by atoms with Crippen molar-refractivity contribution in [1.82, 2.24) is 39.9 Å². The summed E-state index contributed by atoms with van der Waals surface area (Å²) in [4.78, 5) is 32.8. The van der Waals surface area contributed by atoms with Gasteiger partial charge in [-0.3, -0.25) is 9.44 Å². The maximum Gasteiger partial charge on any atom is 0.263 e. The van der Waals surface area contributed by atoms with Gasteiger partial charge in [0, 0.05) is 37.1 Å². The second kappa shape index (κ2) is 26.4. The summed E-state index contributed by atoms with van der Waals surface area (Å²) in [5.41, 5.74) is -3.31. The summed E-state index contributed by atoms with van der Waals surface area (Å²) in [7, 11) is -9.01. The smallest absolute Gasteiger partial charge is 0.263 e. The third-order valence-electron chi connectivity index (χ3n) is 10.6. The van der Waals surface area contributed by atoms with E-state index in [2.05, 4.69) is 49.3 Å². The van der Waals surface area contributed by atoms with E-state index in [4.69, 9.17) is 46.2 Å². The Bertz CT molecular complexity index is 4060. The number of aromatic nitrogens is 8. The van der Waals surface area contributed by atoms with Gasteiger partial charge < -0.3 is 38.6 Å². The van der Waals surface area contributed by atoms with Crippen LogP contribution in [0.3, 0.4) is 0 Å². The number of ether oxygens (including phenoxy) is 6. The summed E-state index contributed by atoms with van der Waals surface area (Å²) in [6, 6.07) is 25.5. The normalized spacial score (nSPS) is 14.9. The molecule has 0 saturated heterocycles. The van der Waals surface area contributed by atoms with Crippen LogP contribution in [-0.4, -0.2) is 106 Å². The lowest BCUT2D eigenvalue weighted by Crippen LogP contribution is -2.17. The fourth-order valence-corrected chi connectivity index (χ4v) is 8.85. The molecule has 0 radical (unpaired) electrons. The number of sulfonamides is 2. The second-order valence-corrected chi connectivity index (χ2v) is 20.7. The highest BCUT2D eigenvalue weighted by molar-refractivity contribution is 7.93. The van der Waals surface area contributed by atoms with Crippen LogP contribution in [0.1, 0.15) is 84.1 Å². The molecule has 0 amide bonds. The summed E-state index contributed by atoms with van der Waals surface area (Å²) in [6.07, 6.45) is 5.57. The van der Waals surface area contributed by atoms with Crippen molar-refractivity contribution >= 4 is 31.7 Å². The van der Waals surface area contributed by atoms with Gasteiger partial charge in [-0.15, -0.1) is 0 Å². The fourth-order valence-electron chi connectivity index (χ4n) is 6.84. The van der Waals surface area contributed by atoms with Gasteiger partial charge >= 0.3 is 0 Å². The SMILES string of the molecule is [2H]C([2H])(O)COc1nc(-c2ncccn2)nc(NS(=O)(=O)c2ccc(C(C([2H])([2H])[2H])(C([2H])([2H])[2H])C([2H])([2H])[2H])cc2)c1Oc1ccccc1OCC.[2H]C([2H])(O)COc1nc(-c2ncccn2)nc(NS(=O)(=O)c2ccc(C(C)(C)C)cc2)c1Oc1ccccc1OCC. The summed E-state index contributed by atoms with van der Waals surface area (Å²) in [5.74, 6) is -2.57. The number of nitrogens with one attached hydrogen (secondary N) is 2. The highest BCUT2D eigenvalue weighted by Crippen LogP contribution is 2.43. The Balaban J connectivity index is 0.000000268. The van der Waals surface area contributed by atoms with Gasteiger partial charge in [-0.05, 0) is 96.5 Å². The zero-order valence-electron chi connectivity index (χ0n) is 56.4. The maximum absolute atomic E-state index is 13.8. The van der Waals surface area contributed by atoms with Crippen molar-refractivity contribution in [2.24, 2.45) is 0 Å². The first kappa shape index (κ1) is 43.3. The standard InChI is InChI=1S/2C28H31N5O6S/c2*1-5-37-21-9-6-7-10-22(21)39-23-24(33-40(35,36)20-13-11-19(12-14-20)28(2,3)4)31-26(25-29-15-8-16-30-25)32-27(23)38-18-17-34/h2*6-16,34H,5,17-18H2,1-4H3,(H,31,32,33)/i2D3,3D3,4D3,17D2;17D2. The molecule has 4 N–H and O–H groups in total. The molecular weight excluding hydrogens is 1070 g/mol. The Morgan fingerprint density at radius 2 is 0.850 bits per heavy atom. The Morgan fingerprint density at radius 1 is 0.487 bits per heavy atom. The average Bonchev–Trinajstić information content (AvgIpc) is 0.710. The first-order valence-corrected chi connectivity index (χ1v) is 26.9. The van der Waals surface area contributed by atoms with Gasteiger partial charge in [0.1, 0.15) is 13.2 Å². The molecule has 420 valence electrons. The predicted octanol–water partition coefficient (Wildman–Crippen LogP) is 9.19. The number of anilines is 2. The van der Waals surface area contributed by atoms with Crippen molar-refractivity contribution < 1.29 is 73.3 Å². The Labute approximate surface area is 483 Å². The predicted molar refractivity (Wildman–Crippen MR) is 299 cm³/mol. The quantitative estimate of drug-likeness (QED) is 0.0491. The minimum absolute atomic E-state index is 0.0173. The highest BCUT2D eigenvalue weighted by atomic mass is 32.2. The van der Waals surface area contributed by atoms with E-state index < -0.39 is 100 Å². The Hall–Kier alpha value is -8.58. The van der Waals surface area contributed by atoms with E-state index in [1.54, 1.807) is 74.5 Å². The van der Waals surface area contributed by atoms with Gasteiger partial charge in [-0.2, -0.15) is 9.97 Å². The number of aliphatic hydroxyl groups is 2. The fraction of sp³-hybridized carbons (Fsp3) is 0.286. The summed E-state index contributed by atoms with van der Waals surface area (Å²) in [6.45, 7) is -8.17. The molecule has 0 bridgehead atoms. The maximum atomic E-state index is 13.8. The summed E-state index contributed by atoms with van der Waals surface area (Å²) < 4.78 is 195. The van der Waals surface area contributed by atoms with Crippen molar-refractivity contribution in [3.05, 3.63) is 145 Å². The Morgan fingerprint density at radius 3 is 1.19 bits per heavy atom. The van der Waals surface area contributed by atoms with Crippen LogP contribution in [0.25, 0.3) is 23.3 Å².